The Hall–Kier alpha value is -0.530. The molecule has 2 atom stereocenters. The third kappa shape index (κ3) is 1.72. The van der Waals surface area contributed by atoms with Gasteiger partial charge in [0.25, 0.3) is 0 Å². The van der Waals surface area contributed by atoms with Gasteiger partial charge in [-0.25, -0.2) is 0 Å². The molecule has 0 heterocycles. The van der Waals surface area contributed by atoms with E-state index in [-0.39, 0.29) is 5.92 Å². The monoisotopic (exact) mass is 214 g/mol. The summed E-state index contributed by atoms with van der Waals surface area (Å²) in [6.07, 6.45) is 1.92. The van der Waals surface area contributed by atoms with E-state index < -0.39 is 0 Å². The molecule has 0 amide bonds. The van der Waals surface area contributed by atoms with Gasteiger partial charge in [0.05, 0.1) is 0 Å². The number of carbonyl (C=O) groups is 1. The van der Waals surface area contributed by atoms with Crippen LogP contribution in [0, 0.1) is 5.92 Å². The van der Waals surface area contributed by atoms with Crippen LogP contribution in [0.1, 0.15) is 17.9 Å². The van der Waals surface area contributed by atoms with Crippen molar-refractivity contribution in [3.63, 3.8) is 0 Å². The molecule has 0 unspecified atom stereocenters. The number of halogens is 2. The van der Waals surface area contributed by atoms with Crippen molar-refractivity contribution in [2.75, 3.05) is 0 Å². The molecule has 1 aromatic carbocycles. The Kier molecular flexibility index (Phi) is 2.31. The van der Waals surface area contributed by atoms with Crippen molar-refractivity contribution in [3.05, 3.63) is 33.8 Å². The summed E-state index contributed by atoms with van der Waals surface area (Å²) in [4.78, 5) is 10.5. The number of benzene rings is 1. The molecule has 0 aliphatic heterocycles. The van der Waals surface area contributed by atoms with Crippen LogP contribution >= 0.6 is 23.2 Å². The maximum Gasteiger partial charge on any atom is 0.123 e. The summed E-state index contributed by atoms with van der Waals surface area (Å²) < 4.78 is 0. The van der Waals surface area contributed by atoms with Crippen molar-refractivity contribution in [3.8, 4) is 0 Å². The number of rotatable bonds is 2. The van der Waals surface area contributed by atoms with Crippen molar-refractivity contribution in [1.82, 2.24) is 0 Å². The Morgan fingerprint density at radius 1 is 1.38 bits per heavy atom. The van der Waals surface area contributed by atoms with Crippen LogP contribution in [0.3, 0.4) is 0 Å². The van der Waals surface area contributed by atoms with E-state index in [2.05, 4.69) is 0 Å². The van der Waals surface area contributed by atoms with Crippen molar-refractivity contribution < 1.29 is 4.79 Å². The zero-order valence-electron chi connectivity index (χ0n) is 6.84. The van der Waals surface area contributed by atoms with Crippen LogP contribution in [-0.4, -0.2) is 6.29 Å². The highest BCUT2D eigenvalue weighted by molar-refractivity contribution is 6.35. The molecule has 2 rings (SSSR count). The fourth-order valence-electron chi connectivity index (χ4n) is 1.52. The van der Waals surface area contributed by atoms with Gasteiger partial charge in [0.1, 0.15) is 6.29 Å². The van der Waals surface area contributed by atoms with Gasteiger partial charge in [0.15, 0.2) is 0 Å². The van der Waals surface area contributed by atoms with E-state index in [0.29, 0.717) is 16.0 Å². The van der Waals surface area contributed by atoms with E-state index in [1.54, 1.807) is 6.07 Å². The van der Waals surface area contributed by atoms with Gasteiger partial charge in [0, 0.05) is 16.0 Å². The van der Waals surface area contributed by atoms with Gasteiger partial charge in [-0.2, -0.15) is 0 Å². The topological polar surface area (TPSA) is 17.1 Å². The molecular weight excluding hydrogens is 207 g/mol. The number of aldehydes is 1. The third-order valence-corrected chi connectivity index (χ3v) is 2.94. The van der Waals surface area contributed by atoms with E-state index in [4.69, 9.17) is 23.2 Å². The second kappa shape index (κ2) is 3.32. The zero-order chi connectivity index (χ0) is 9.42. The quantitative estimate of drug-likeness (QED) is 0.691. The first-order valence-corrected chi connectivity index (χ1v) is 4.88. The van der Waals surface area contributed by atoms with Gasteiger partial charge in [-0.15, -0.1) is 0 Å². The molecule has 0 N–H and O–H groups in total. The Balaban J connectivity index is 2.27. The second-order valence-corrected chi connectivity index (χ2v) is 4.15. The molecule has 3 heteroatoms. The van der Waals surface area contributed by atoms with Crippen LogP contribution in [0.15, 0.2) is 18.2 Å². The Morgan fingerprint density at radius 2 is 2.15 bits per heavy atom. The lowest BCUT2D eigenvalue weighted by Crippen LogP contribution is -1.85. The summed E-state index contributed by atoms with van der Waals surface area (Å²) in [6.45, 7) is 0. The van der Waals surface area contributed by atoms with E-state index in [9.17, 15) is 4.79 Å². The van der Waals surface area contributed by atoms with Crippen LogP contribution in [-0.2, 0) is 4.79 Å². The van der Waals surface area contributed by atoms with Crippen LogP contribution in [0.4, 0.5) is 0 Å². The minimum Gasteiger partial charge on any atom is -0.303 e. The SMILES string of the molecule is O=C[C@H]1C[C@H]1c1ccc(Cl)cc1Cl. The fraction of sp³-hybridized carbons (Fsp3) is 0.300. The van der Waals surface area contributed by atoms with Crippen molar-refractivity contribution in [1.29, 1.82) is 0 Å². The molecule has 1 nitrogen and oxygen atoms in total. The van der Waals surface area contributed by atoms with E-state index in [0.717, 1.165) is 18.3 Å². The lowest BCUT2D eigenvalue weighted by molar-refractivity contribution is -0.108. The van der Waals surface area contributed by atoms with E-state index in [1.807, 2.05) is 12.1 Å². The molecule has 0 aromatic heterocycles. The Morgan fingerprint density at radius 3 is 2.69 bits per heavy atom. The third-order valence-electron chi connectivity index (χ3n) is 2.38. The van der Waals surface area contributed by atoms with Gasteiger partial charge in [-0.05, 0) is 30.0 Å². The Bertz CT molecular complexity index is 349. The van der Waals surface area contributed by atoms with Crippen molar-refractivity contribution >= 4 is 29.5 Å². The average Bonchev–Trinajstić information content (AvgIpc) is 2.83. The molecule has 1 aromatic rings. The number of hydrogen-bond donors (Lipinski definition) is 0. The predicted octanol–water partition coefficient (Wildman–Crippen LogP) is 3.30. The summed E-state index contributed by atoms with van der Waals surface area (Å²) in [5.74, 6) is 0.487. The normalized spacial score (nSPS) is 25.7. The van der Waals surface area contributed by atoms with Crippen molar-refractivity contribution in [2.24, 2.45) is 5.92 Å². The summed E-state index contributed by atoms with van der Waals surface area (Å²) >= 11 is 11.7. The van der Waals surface area contributed by atoms with E-state index in [1.165, 1.54) is 0 Å². The number of hydrogen-bond acceptors (Lipinski definition) is 1. The molecular formula is C10H8Cl2O. The second-order valence-electron chi connectivity index (χ2n) is 3.31. The molecule has 1 aliphatic carbocycles. The first-order chi connectivity index (χ1) is 6.22. The van der Waals surface area contributed by atoms with Gasteiger partial charge in [-0.1, -0.05) is 29.3 Å². The van der Waals surface area contributed by atoms with Crippen LogP contribution in [0.25, 0.3) is 0 Å². The van der Waals surface area contributed by atoms with E-state index >= 15 is 0 Å². The first-order valence-electron chi connectivity index (χ1n) is 4.12. The first kappa shape index (κ1) is 9.04. The predicted molar refractivity (Wildman–Crippen MR) is 53.4 cm³/mol. The lowest BCUT2D eigenvalue weighted by Gasteiger charge is -2.01. The van der Waals surface area contributed by atoms with Gasteiger partial charge < -0.3 is 4.79 Å². The molecule has 68 valence electrons. The maximum absolute atomic E-state index is 10.5. The molecule has 0 bridgehead atoms. The minimum atomic E-state index is 0.165. The molecule has 0 radical (unpaired) electrons. The fourth-order valence-corrected chi connectivity index (χ4v) is 2.07. The highest BCUT2D eigenvalue weighted by Gasteiger charge is 2.39. The summed E-state index contributed by atoms with van der Waals surface area (Å²) in [5, 5.41) is 1.30. The molecule has 0 spiro atoms. The van der Waals surface area contributed by atoms with Crippen LogP contribution in [0.2, 0.25) is 10.0 Å². The smallest absolute Gasteiger partial charge is 0.123 e. The maximum atomic E-state index is 10.5. The molecule has 1 fully saturated rings. The molecule has 13 heavy (non-hydrogen) atoms. The van der Waals surface area contributed by atoms with Gasteiger partial charge >= 0.3 is 0 Å². The molecule has 1 aliphatic rings. The average molecular weight is 215 g/mol. The van der Waals surface area contributed by atoms with Gasteiger partial charge in [0.2, 0.25) is 0 Å². The lowest BCUT2D eigenvalue weighted by atomic mass is 10.1. The zero-order valence-corrected chi connectivity index (χ0v) is 8.35. The number of carbonyl (C=O) groups excluding carboxylic acids is 1. The van der Waals surface area contributed by atoms with Crippen molar-refractivity contribution in [2.45, 2.75) is 12.3 Å². The largest absolute Gasteiger partial charge is 0.303 e. The highest BCUT2D eigenvalue weighted by atomic mass is 35.5. The minimum absolute atomic E-state index is 0.165. The van der Waals surface area contributed by atoms with Crippen LogP contribution < -0.4 is 0 Å². The van der Waals surface area contributed by atoms with Gasteiger partial charge in [-0.3, -0.25) is 0 Å². The Labute approximate surface area is 86.7 Å². The summed E-state index contributed by atoms with van der Waals surface area (Å²) in [5.41, 5.74) is 1.04. The standard InChI is InChI=1S/C10H8Cl2O/c11-7-1-2-8(10(12)4-7)9-3-6(9)5-13/h1-2,4-6,9H,3H2/t6-,9-/m1/s1. The molecule has 0 saturated heterocycles. The van der Waals surface area contributed by atoms with Crippen LogP contribution in [0.5, 0.6) is 0 Å². The summed E-state index contributed by atoms with van der Waals surface area (Å²) in [6, 6.07) is 5.43. The highest BCUT2D eigenvalue weighted by Crippen LogP contribution is 2.48. The summed E-state index contributed by atoms with van der Waals surface area (Å²) in [7, 11) is 0. The molecule has 1 saturated carbocycles.